The molecule has 1 aromatic rings. The van der Waals surface area contributed by atoms with Crippen molar-refractivity contribution in [2.45, 2.75) is 44.3 Å². The van der Waals surface area contributed by atoms with E-state index < -0.39 is 0 Å². The molecule has 1 atom stereocenters. The molecule has 1 amide bonds. The molecule has 3 aliphatic heterocycles. The van der Waals surface area contributed by atoms with Crippen LogP contribution in [0, 0.1) is 0 Å². The molecular weight excluding hydrogens is 326 g/mol. The molecule has 0 saturated carbocycles. The fourth-order valence-corrected chi connectivity index (χ4v) is 5.01. The Labute approximate surface area is 156 Å². The molecule has 0 spiro atoms. The molecule has 0 unspecified atom stereocenters. The van der Waals surface area contributed by atoms with E-state index in [1.165, 1.54) is 0 Å². The minimum Gasteiger partial charge on any atom is -0.381 e. The van der Waals surface area contributed by atoms with Crippen molar-refractivity contribution in [1.29, 1.82) is 0 Å². The summed E-state index contributed by atoms with van der Waals surface area (Å²) in [5.74, 6) is 0.168. The van der Waals surface area contributed by atoms with Gasteiger partial charge in [-0.2, -0.15) is 0 Å². The molecule has 0 aromatic heterocycles. The molecule has 0 bridgehead atoms. The summed E-state index contributed by atoms with van der Waals surface area (Å²) >= 11 is 0. The number of rotatable bonds is 2. The van der Waals surface area contributed by atoms with Gasteiger partial charge < -0.3 is 9.64 Å². The van der Waals surface area contributed by atoms with E-state index in [9.17, 15) is 4.79 Å². The van der Waals surface area contributed by atoms with Crippen molar-refractivity contribution in [3.8, 4) is 0 Å². The number of hydrogen-bond acceptors (Lipinski definition) is 4. The van der Waals surface area contributed by atoms with Crippen molar-refractivity contribution in [1.82, 2.24) is 14.7 Å². The Hall–Kier alpha value is -1.43. The molecular formula is C21H31N3O2. The first-order valence-corrected chi connectivity index (χ1v) is 9.97. The van der Waals surface area contributed by atoms with Crippen molar-refractivity contribution in [2.24, 2.45) is 0 Å². The lowest BCUT2D eigenvalue weighted by molar-refractivity contribution is -0.0743. The third kappa shape index (κ3) is 3.53. The number of carbonyl (C=O) groups is 1. The second-order valence-corrected chi connectivity index (χ2v) is 8.55. The first-order valence-electron chi connectivity index (χ1n) is 9.97. The highest BCUT2D eigenvalue weighted by molar-refractivity contribution is 5.94. The van der Waals surface area contributed by atoms with Crippen LogP contribution < -0.4 is 0 Å². The Morgan fingerprint density at radius 2 is 1.77 bits per heavy atom. The highest BCUT2D eigenvalue weighted by Gasteiger charge is 2.44. The zero-order valence-electron chi connectivity index (χ0n) is 16.1. The highest BCUT2D eigenvalue weighted by Crippen LogP contribution is 2.30. The van der Waals surface area contributed by atoms with Crippen LogP contribution in [0.2, 0.25) is 0 Å². The van der Waals surface area contributed by atoms with Crippen LogP contribution in [0.15, 0.2) is 30.3 Å². The van der Waals surface area contributed by atoms with Gasteiger partial charge >= 0.3 is 0 Å². The second kappa shape index (κ2) is 7.29. The third-order valence-corrected chi connectivity index (χ3v) is 6.32. The monoisotopic (exact) mass is 357 g/mol. The maximum atomic E-state index is 13.0. The number of piperazine rings is 2. The van der Waals surface area contributed by atoms with Gasteiger partial charge in [-0.1, -0.05) is 18.2 Å². The minimum atomic E-state index is 0.0229. The summed E-state index contributed by atoms with van der Waals surface area (Å²) in [6.07, 6.45) is 2.28. The van der Waals surface area contributed by atoms with Gasteiger partial charge in [-0.25, -0.2) is 0 Å². The zero-order valence-corrected chi connectivity index (χ0v) is 16.1. The Bertz CT molecular complexity index is 627. The number of nitrogens with zero attached hydrogens (tertiary/aromatic N) is 3. The van der Waals surface area contributed by atoms with Gasteiger partial charge in [0, 0.05) is 69.1 Å². The largest absolute Gasteiger partial charge is 0.381 e. The van der Waals surface area contributed by atoms with Crippen molar-refractivity contribution in [2.75, 3.05) is 45.9 Å². The maximum Gasteiger partial charge on any atom is 0.253 e. The number of benzene rings is 1. The topological polar surface area (TPSA) is 36.0 Å². The van der Waals surface area contributed by atoms with Crippen LogP contribution in [0.5, 0.6) is 0 Å². The van der Waals surface area contributed by atoms with Crippen LogP contribution in [-0.4, -0.2) is 84.2 Å². The van der Waals surface area contributed by atoms with Crippen LogP contribution in [0.1, 0.15) is 37.0 Å². The van der Waals surface area contributed by atoms with Gasteiger partial charge in [0.15, 0.2) is 0 Å². The fraction of sp³-hybridized carbons (Fsp3) is 0.667. The average Bonchev–Trinajstić information content (AvgIpc) is 2.68. The van der Waals surface area contributed by atoms with Gasteiger partial charge in [0.25, 0.3) is 5.91 Å². The van der Waals surface area contributed by atoms with Crippen molar-refractivity contribution in [3.05, 3.63) is 35.9 Å². The maximum absolute atomic E-state index is 13.0. The van der Waals surface area contributed by atoms with Crippen LogP contribution >= 0.6 is 0 Å². The number of carbonyl (C=O) groups excluding carboxylic acids is 1. The first kappa shape index (κ1) is 18.0. The molecule has 0 N–H and O–H groups in total. The number of amides is 1. The summed E-state index contributed by atoms with van der Waals surface area (Å²) in [6.45, 7) is 11.3. The summed E-state index contributed by atoms with van der Waals surface area (Å²) in [6, 6.07) is 10.8. The highest BCUT2D eigenvalue weighted by atomic mass is 16.5. The third-order valence-electron chi connectivity index (χ3n) is 6.32. The minimum absolute atomic E-state index is 0.0229. The van der Waals surface area contributed by atoms with Crippen molar-refractivity contribution < 1.29 is 9.53 Å². The van der Waals surface area contributed by atoms with Gasteiger partial charge in [-0.3, -0.25) is 14.6 Å². The quantitative estimate of drug-likeness (QED) is 0.812. The number of hydrogen-bond donors (Lipinski definition) is 0. The van der Waals surface area contributed by atoms with Crippen LogP contribution in [0.3, 0.4) is 0 Å². The standard InChI is InChI=1S/C21H31N3O2/c1-21(2)16-23(20(25)17-6-4-3-5-7-17)15-19-14-22(10-11-24(19)21)18-8-12-26-13-9-18/h3-7,18-19H,8-16H2,1-2H3/t19-/m0/s1. The number of fused-ring (bicyclic) bond motifs is 1. The van der Waals surface area contributed by atoms with Crippen LogP contribution in [0.25, 0.3) is 0 Å². The smallest absolute Gasteiger partial charge is 0.253 e. The first-order chi connectivity index (χ1) is 12.5. The summed E-state index contributed by atoms with van der Waals surface area (Å²) in [7, 11) is 0. The summed E-state index contributed by atoms with van der Waals surface area (Å²) in [5, 5.41) is 0. The lowest BCUT2D eigenvalue weighted by atomic mass is 9.91. The zero-order chi connectivity index (χ0) is 18.1. The molecule has 5 heteroatoms. The average molecular weight is 357 g/mol. The van der Waals surface area contributed by atoms with Crippen LogP contribution in [0.4, 0.5) is 0 Å². The molecule has 3 saturated heterocycles. The van der Waals surface area contributed by atoms with E-state index in [2.05, 4.69) is 28.5 Å². The van der Waals surface area contributed by atoms with E-state index in [1.54, 1.807) is 0 Å². The molecule has 26 heavy (non-hydrogen) atoms. The Balaban J connectivity index is 1.49. The van der Waals surface area contributed by atoms with Gasteiger partial charge in [0.1, 0.15) is 0 Å². The summed E-state index contributed by atoms with van der Waals surface area (Å²) < 4.78 is 5.54. The molecule has 142 valence electrons. The fourth-order valence-electron chi connectivity index (χ4n) is 5.01. The van der Waals surface area contributed by atoms with E-state index in [0.717, 1.165) is 64.3 Å². The van der Waals surface area contributed by atoms with E-state index in [1.807, 2.05) is 30.3 Å². The van der Waals surface area contributed by atoms with Gasteiger partial charge in [-0.05, 0) is 38.8 Å². The van der Waals surface area contributed by atoms with E-state index in [0.29, 0.717) is 12.1 Å². The van der Waals surface area contributed by atoms with Gasteiger partial charge in [0.05, 0.1) is 0 Å². The molecule has 3 aliphatic rings. The predicted octanol–water partition coefficient (Wildman–Crippen LogP) is 2.09. The van der Waals surface area contributed by atoms with Crippen molar-refractivity contribution >= 4 is 5.91 Å². The molecule has 0 radical (unpaired) electrons. The molecule has 0 aliphatic carbocycles. The predicted molar refractivity (Wildman–Crippen MR) is 102 cm³/mol. The van der Waals surface area contributed by atoms with Gasteiger partial charge in [0.2, 0.25) is 0 Å². The SMILES string of the molecule is CC1(C)CN(C(=O)c2ccccc2)C[C@@H]2CN(C3CCOCC3)CCN21. The Morgan fingerprint density at radius 1 is 1.04 bits per heavy atom. The normalized spacial score (nSPS) is 27.9. The molecule has 5 nitrogen and oxygen atoms in total. The summed E-state index contributed by atoms with van der Waals surface area (Å²) in [4.78, 5) is 20.4. The molecule has 3 heterocycles. The van der Waals surface area contributed by atoms with E-state index in [-0.39, 0.29) is 11.4 Å². The van der Waals surface area contributed by atoms with Crippen LogP contribution in [-0.2, 0) is 4.74 Å². The van der Waals surface area contributed by atoms with E-state index in [4.69, 9.17) is 4.74 Å². The molecule has 3 fully saturated rings. The lowest BCUT2D eigenvalue weighted by Crippen LogP contribution is -2.71. The molecule has 4 rings (SSSR count). The van der Waals surface area contributed by atoms with E-state index >= 15 is 0 Å². The number of ether oxygens (including phenoxy) is 1. The lowest BCUT2D eigenvalue weighted by Gasteiger charge is -2.56. The Kier molecular flexibility index (Phi) is 5.04. The second-order valence-electron chi connectivity index (χ2n) is 8.55. The van der Waals surface area contributed by atoms with Crippen molar-refractivity contribution in [3.63, 3.8) is 0 Å². The summed E-state index contributed by atoms with van der Waals surface area (Å²) in [5.41, 5.74) is 0.823. The molecule has 1 aromatic carbocycles. The van der Waals surface area contributed by atoms with Gasteiger partial charge in [-0.15, -0.1) is 0 Å². The Morgan fingerprint density at radius 3 is 2.50 bits per heavy atom.